The summed E-state index contributed by atoms with van der Waals surface area (Å²) in [5.41, 5.74) is 6.62. The molecule has 20 heavy (non-hydrogen) atoms. The highest BCUT2D eigenvalue weighted by Gasteiger charge is 2.30. The molecule has 1 aliphatic rings. The van der Waals surface area contributed by atoms with Crippen molar-refractivity contribution in [3.8, 4) is 6.07 Å². The molecule has 1 aromatic heterocycles. The third-order valence-electron chi connectivity index (χ3n) is 3.49. The predicted octanol–water partition coefficient (Wildman–Crippen LogP) is 2.55. The van der Waals surface area contributed by atoms with Gasteiger partial charge in [0, 0.05) is 12.6 Å². The van der Waals surface area contributed by atoms with Crippen molar-refractivity contribution in [2.75, 3.05) is 17.6 Å². The number of nitriles is 1. The molecule has 0 aromatic carbocycles. The lowest BCUT2D eigenvalue weighted by molar-refractivity contribution is 0.0958. The SMILES string of the molecule is CCCNC(=O)c1sc(NC(C)C2CC2)c(C#N)c1N. The van der Waals surface area contributed by atoms with Gasteiger partial charge in [-0.25, -0.2) is 0 Å². The molecule has 1 fully saturated rings. The molecule has 1 amide bonds. The topological polar surface area (TPSA) is 90.9 Å². The number of anilines is 2. The minimum absolute atomic E-state index is 0.196. The molecule has 2 rings (SSSR count). The molecule has 0 spiro atoms. The van der Waals surface area contributed by atoms with Crippen LogP contribution in [-0.2, 0) is 0 Å². The Kier molecular flexibility index (Phi) is 4.50. The van der Waals surface area contributed by atoms with Gasteiger partial charge >= 0.3 is 0 Å². The normalized spacial score (nSPS) is 15.4. The second kappa shape index (κ2) is 6.14. The van der Waals surface area contributed by atoms with Crippen molar-refractivity contribution in [1.82, 2.24) is 5.32 Å². The van der Waals surface area contributed by atoms with E-state index in [4.69, 9.17) is 5.73 Å². The molecular formula is C14H20N4OS. The number of nitrogen functional groups attached to an aromatic ring is 1. The first-order valence-corrected chi connectivity index (χ1v) is 7.77. The summed E-state index contributed by atoms with van der Waals surface area (Å²) in [5.74, 6) is 0.472. The van der Waals surface area contributed by atoms with Crippen LogP contribution in [0.25, 0.3) is 0 Å². The van der Waals surface area contributed by atoms with Crippen LogP contribution >= 0.6 is 11.3 Å². The monoisotopic (exact) mass is 292 g/mol. The second-order valence-corrected chi connectivity index (χ2v) is 6.21. The summed E-state index contributed by atoms with van der Waals surface area (Å²) in [6.45, 7) is 4.70. The average molecular weight is 292 g/mol. The molecule has 108 valence electrons. The van der Waals surface area contributed by atoms with Gasteiger partial charge in [-0.2, -0.15) is 5.26 Å². The van der Waals surface area contributed by atoms with Crippen LogP contribution in [-0.4, -0.2) is 18.5 Å². The van der Waals surface area contributed by atoms with E-state index < -0.39 is 0 Å². The van der Waals surface area contributed by atoms with E-state index in [0.717, 1.165) is 6.42 Å². The summed E-state index contributed by atoms with van der Waals surface area (Å²) in [6, 6.07) is 2.41. The first-order chi connectivity index (χ1) is 9.58. The van der Waals surface area contributed by atoms with Crippen LogP contribution in [0.15, 0.2) is 0 Å². The van der Waals surface area contributed by atoms with Gasteiger partial charge in [-0.3, -0.25) is 4.79 Å². The maximum absolute atomic E-state index is 12.0. The zero-order valence-corrected chi connectivity index (χ0v) is 12.6. The van der Waals surface area contributed by atoms with Crippen molar-refractivity contribution in [2.45, 2.75) is 39.2 Å². The van der Waals surface area contributed by atoms with Gasteiger partial charge in [0.1, 0.15) is 21.5 Å². The molecule has 6 heteroatoms. The van der Waals surface area contributed by atoms with Crippen LogP contribution in [0.5, 0.6) is 0 Å². The Morgan fingerprint density at radius 3 is 2.85 bits per heavy atom. The average Bonchev–Trinajstić information content (AvgIpc) is 3.22. The zero-order chi connectivity index (χ0) is 14.7. The molecule has 1 aliphatic carbocycles. The van der Waals surface area contributed by atoms with E-state index in [1.165, 1.54) is 24.2 Å². The van der Waals surface area contributed by atoms with Gasteiger partial charge < -0.3 is 16.4 Å². The molecule has 1 heterocycles. The van der Waals surface area contributed by atoms with E-state index in [2.05, 4.69) is 23.6 Å². The van der Waals surface area contributed by atoms with E-state index in [9.17, 15) is 10.1 Å². The largest absolute Gasteiger partial charge is 0.396 e. The number of rotatable bonds is 6. The van der Waals surface area contributed by atoms with Gasteiger partial charge in [-0.15, -0.1) is 11.3 Å². The van der Waals surface area contributed by atoms with E-state index in [1.54, 1.807) is 0 Å². The Morgan fingerprint density at radius 2 is 2.30 bits per heavy atom. The fourth-order valence-electron chi connectivity index (χ4n) is 2.06. The summed E-state index contributed by atoms with van der Waals surface area (Å²) in [4.78, 5) is 12.5. The second-order valence-electron chi connectivity index (χ2n) is 5.19. The lowest BCUT2D eigenvalue weighted by Gasteiger charge is -2.12. The minimum Gasteiger partial charge on any atom is -0.396 e. The summed E-state index contributed by atoms with van der Waals surface area (Å²) in [6.07, 6.45) is 3.31. The highest BCUT2D eigenvalue weighted by atomic mass is 32.1. The van der Waals surface area contributed by atoms with Crippen molar-refractivity contribution >= 4 is 27.9 Å². The Balaban J connectivity index is 2.19. The Labute approximate surface area is 123 Å². The van der Waals surface area contributed by atoms with Crippen LogP contribution in [0.3, 0.4) is 0 Å². The molecule has 0 saturated heterocycles. The quantitative estimate of drug-likeness (QED) is 0.751. The van der Waals surface area contributed by atoms with Gasteiger partial charge in [0.05, 0.1) is 5.69 Å². The number of carbonyl (C=O) groups is 1. The molecule has 1 atom stereocenters. The smallest absolute Gasteiger partial charge is 0.263 e. The molecule has 0 radical (unpaired) electrons. The minimum atomic E-state index is -0.196. The fourth-order valence-corrected chi connectivity index (χ4v) is 3.15. The van der Waals surface area contributed by atoms with E-state index >= 15 is 0 Å². The lowest BCUT2D eigenvalue weighted by atomic mass is 10.2. The maximum Gasteiger partial charge on any atom is 0.263 e. The van der Waals surface area contributed by atoms with E-state index in [0.29, 0.717) is 33.9 Å². The molecule has 1 aromatic rings. The molecule has 0 aliphatic heterocycles. The number of nitrogens with zero attached hydrogens (tertiary/aromatic N) is 1. The zero-order valence-electron chi connectivity index (χ0n) is 11.8. The molecule has 1 saturated carbocycles. The number of nitrogens with one attached hydrogen (secondary N) is 2. The van der Waals surface area contributed by atoms with Gasteiger partial charge in [-0.05, 0) is 32.1 Å². The van der Waals surface area contributed by atoms with Crippen molar-refractivity contribution in [3.05, 3.63) is 10.4 Å². The van der Waals surface area contributed by atoms with Crippen LogP contribution in [0, 0.1) is 17.2 Å². The molecule has 5 nitrogen and oxygen atoms in total. The maximum atomic E-state index is 12.0. The van der Waals surface area contributed by atoms with Crippen LogP contribution in [0.4, 0.5) is 10.7 Å². The van der Waals surface area contributed by atoms with Crippen molar-refractivity contribution < 1.29 is 4.79 Å². The van der Waals surface area contributed by atoms with Gasteiger partial charge in [-0.1, -0.05) is 6.92 Å². The van der Waals surface area contributed by atoms with Crippen LogP contribution in [0.2, 0.25) is 0 Å². The third kappa shape index (κ3) is 3.05. The summed E-state index contributed by atoms with van der Waals surface area (Å²) < 4.78 is 0. The van der Waals surface area contributed by atoms with Gasteiger partial charge in [0.25, 0.3) is 5.91 Å². The van der Waals surface area contributed by atoms with Gasteiger partial charge in [0.2, 0.25) is 0 Å². The highest BCUT2D eigenvalue weighted by molar-refractivity contribution is 7.18. The molecule has 4 N–H and O–H groups in total. The third-order valence-corrected chi connectivity index (χ3v) is 4.62. The predicted molar refractivity (Wildman–Crippen MR) is 81.9 cm³/mol. The number of amides is 1. The summed E-state index contributed by atoms with van der Waals surface area (Å²) in [7, 11) is 0. The first-order valence-electron chi connectivity index (χ1n) is 6.95. The Hall–Kier alpha value is -1.74. The van der Waals surface area contributed by atoms with Gasteiger partial charge in [0.15, 0.2) is 0 Å². The molecule has 1 unspecified atom stereocenters. The number of hydrogen-bond donors (Lipinski definition) is 3. The molecule has 0 bridgehead atoms. The molecular weight excluding hydrogens is 272 g/mol. The summed E-state index contributed by atoms with van der Waals surface area (Å²) in [5, 5.41) is 16.1. The number of thiophene rings is 1. The number of nitrogens with two attached hydrogens (primary N) is 1. The van der Waals surface area contributed by atoms with E-state index in [-0.39, 0.29) is 11.6 Å². The van der Waals surface area contributed by atoms with E-state index in [1.807, 2.05) is 6.92 Å². The van der Waals surface area contributed by atoms with Crippen molar-refractivity contribution in [1.29, 1.82) is 5.26 Å². The Bertz CT molecular complexity index is 542. The first kappa shape index (κ1) is 14.7. The lowest BCUT2D eigenvalue weighted by Crippen LogP contribution is -2.23. The van der Waals surface area contributed by atoms with Crippen molar-refractivity contribution in [3.63, 3.8) is 0 Å². The summed E-state index contributed by atoms with van der Waals surface area (Å²) >= 11 is 1.27. The number of hydrogen-bond acceptors (Lipinski definition) is 5. The number of carbonyl (C=O) groups excluding carboxylic acids is 1. The fraction of sp³-hybridized carbons (Fsp3) is 0.571. The standard InChI is InChI=1S/C14H20N4OS/c1-3-6-17-13(19)12-11(16)10(7-15)14(20-12)18-8(2)9-4-5-9/h8-9,18H,3-6,16H2,1-2H3,(H,17,19). The van der Waals surface area contributed by atoms with Crippen molar-refractivity contribution in [2.24, 2.45) is 5.92 Å². The van der Waals surface area contributed by atoms with Crippen LogP contribution in [0.1, 0.15) is 48.3 Å². The Morgan fingerprint density at radius 1 is 1.60 bits per heavy atom. The van der Waals surface area contributed by atoms with Crippen LogP contribution < -0.4 is 16.4 Å². The highest BCUT2D eigenvalue weighted by Crippen LogP contribution is 2.39.